The van der Waals surface area contributed by atoms with Gasteiger partial charge in [0.25, 0.3) is 0 Å². The quantitative estimate of drug-likeness (QED) is 0.497. The van der Waals surface area contributed by atoms with E-state index < -0.39 is 11.4 Å². The van der Waals surface area contributed by atoms with E-state index in [0.29, 0.717) is 49.3 Å². The van der Waals surface area contributed by atoms with Gasteiger partial charge < -0.3 is 14.2 Å². The number of benzene rings is 2. The molecule has 1 fully saturated rings. The minimum Gasteiger partial charge on any atom is -0.443 e. The van der Waals surface area contributed by atoms with Crippen LogP contribution in [0.2, 0.25) is 10.0 Å². The molecule has 2 aromatic rings. The number of hydrogen-bond donors (Lipinski definition) is 0. The second-order valence-electron chi connectivity index (χ2n) is 10.2. The maximum Gasteiger partial charge on any atom is 0.414 e. The summed E-state index contributed by atoms with van der Waals surface area (Å²) in [6.45, 7) is 8.37. The minimum atomic E-state index is -0.785. The number of ether oxygens (including phenoxy) is 3. The first-order chi connectivity index (χ1) is 16.7. The van der Waals surface area contributed by atoms with Gasteiger partial charge in [-0.25, -0.2) is 4.79 Å². The zero-order valence-corrected chi connectivity index (χ0v) is 21.7. The summed E-state index contributed by atoms with van der Waals surface area (Å²) >= 11 is 12.4. The maximum absolute atomic E-state index is 13.2. The van der Waals surface area contributed by atoms with Crippen molar-refractivity contribution in [2.24, 2.45) is 0 Å². The van der Waals surface area contributed by atoms with Gasteiger partial charge in [-0.3, -0.25) is 9.80 Å². The Balaban J connectivity index is 1.52. The van der Waals surface area contributed by atoms with Crippen molar-refractivity contribution in [2.75, 3.05) is 32.8 Å². The summed E-state index contributed by atoms with van der Waals surface area (Å²) < 4.78 is 18.1. The van der Waals surface area contributed by atoms with Crippen molar-refractivity contribution in [1.82, 2.24) is 9.80 Å². The molecule has 0 bridgehead atoms. The number of nitrogens with zero attached hydrogens (tertiary/aromatic N) is 2. The summed E-state index contributed by atoms with van der Waals surface area (Å²) in [6.07, 6.45) is 0.236. The Bertz CT molecular complexity index is 1070. The average Bonchev–Trinajstić information content (AvgIpc) is 3.44. The Labute approximate surface area is 216 Å². The maximum atomic E-state index is 13.2. The normalized spacial score (nSPS) is 20.1. The van der Waals surface area contributed by atoms with Crippen LogP contribution in [0.5, 0.6) is 0 Å². The number of halogens is 2. The van der Waals surface area contributed by atoms with E-state index in [9.17, 15) is 4.79 Å². The van der Waals surface area contributed by atoms with Crippen LogP contribution in [-0.2, 0) is 14.2 Å². The van der Waals surface area contributed by atoms with Crippen molar-refractivity contribution in [3.05, 3.63) is 81.0 Å². The third-order valence-corrected chi connectivity index (χ3v) is 7.12. The van der Waals surface area contributed by atoms with Gasteiger partial charge in [-0.2, -0.15) is 0 Å². The van der Waals surface area contributed by atoms with Crippen molar-refractivity contribution in [2.45, 2.75) is 44.6 Å². The highest BCUT2D eigenvalue weighted by Crippen LogP contribution is 2.45. The van der Waals surface area contributed by atoms with Gasteiger partial charge in [0.2, 0.25) is 0 Å². The Kier molecular flexibility index (Phi) is 6.62. The monoisotopic (exact) mass is 516 g/mol. The summed E-state index contributed by atoms with van der Waals surface area (Å²) in [4.78, 5) is 17.3. The largest absolute Gasteiger partial charge is 0.443 e. The highest BCUT2D eigenvalue weighted by Gasteiger charge is 2.51. The van der Waals surface area contributed by atoms with E-state index in [1.807, 2.05) is 69.3 Å². The Morgan fingerprint density at radius 2 is 1.49 bits per heavy atom. The summed E-state index contributed by atoms with van der Waals surface area (Å²) in [7, 11) is 0. The smallest absolute Gasteiger partial charge is 0.414 e. The van der Waals surface area contributed by atoms with E-state index >= 15 is 0 Å². The van der Waals surface area contributed by atoms with E-state index in [1.54, 1.807) is 4.90 Å². The first kappa shape index (κ1) is 24.6. The van der Waals surface area contributed by atoms with Gasteiger partial charge in [0.1, 0.15) is 5.60 Å². The second kappa shape index (κ2) is 9.41. The van der Waals surface area contributed by atoms with E-state index in [2.05, 4.69) is 4.90 Å². The number of carbonyl (C=O) groups excluding carboxylic acids is 1. The van der Waals surface area contributed by atoms with Gasteiger partial charge >= 0.3 is 6.09 Å². The molecule has 0 radical (unpaired) electrons. The fraction of sp³-hybridized carbons (Fsp3) is 0.444. The lowest BCUT2D eigenvalue weighted by Gasteiger charge is -2.39. The lowest BCUT2D eigenvalue weighted by atomic mass is 9.96. The molecule has 6 nitrogen and oxygen atoms in total. The number of hydrogen-bond acceptors (Lipinski definition) is 5. The third-order valence-electron chi connectivity index (χ3n) is 6.62. The Morgan fingerprint density at radius 1 is 0.943 bits per heavy atom. The molecule has 0 saturated carbocycles. The molecule has 3 aliphatic heterocycles. The van der Waals surface area contributed by atoms with Crippen LogP contribution in [-0.4, -0.2) is 60.1 Å². The third kappa shape index (κ3) is 4.95. The molecule has 0 aromatic heterocycles. The molecule has 1 amide bonds. The van der Waals surface area contributed by atoms with E-state index in [4.69, 9.17) is 37.4 Å². The molecular weight excluding hydrogens is 487 g/mol. The highest BCUT2D eigenvalue weighted by molar-refractivity contribution is 6.30. The van der Waals surface area contributed by atoms with Crippen molar-refractivity contribution in [3.63, 3.8) is 0 Å². The fourth-order valence-corrected chi connectivity index (χ4v) is 5.40. The van der Waals surface area contributed by atoms with Crippen molar-refractivity contribution in [1.29, 1.82) is 0 Å². The molecular formula is C27H30Cl2N2O4. The Morgan fingerprint density at radius 3 is 2.00 bits per heavy atom. The van der Waals surface area contributed by atoms with Gasteiger partial charge in [-0.05, 0) is 56.2 Å². The molecule has 1 spiro atoms. The predicted octanol–water partition coefficient (Wildman–Crippen LogP) is 6.04. The van der Waals surface area contributed by atoms with Gasteiger partial charge in [0, 0.05) is 47.4 Å². The van der Waals surface area contributed by atoms with Crippen molar-refractivity contribution in [3.8, 4) is 0 Å². The first-order valence-corrected chi connectivity index (χ1v) is 12.7. The van der Waals surface area contributed by atoms with Gasteiger partial charge in [0.15, 0.2) is 5.79 Å². The zero-order chi connectivity index (χ0) is 24.8. The van der Waals surface area contributed by atoms with E-state index in [1.165, 1.54) is 0 Å². The topological polar surface area (TPSA) is 51.2 Å². The molecule has 5 rings (SSSR count). The van der Waals surface area contributed by atoms with Crippen LogP contribution in [0.25, 0.3) is 0 Å². The molecule has 186 valence electrons. The van der Waals surface area contributed by atoms with Gasteiger partial charge in [-0.15, -0.1) is 0 Å². The number of rotatable bonds is 3. The van der Waals surface area contributed by atoms with E-state index in [-0.39, 0.29) is 12.1 Å². The van der Waals surface area contributed by atoms with Gasteiger partial charge in [-0.1, -0.05) is 47.5 Å². The zero-order valence-electron chi connectivity index (χ0n) is 20.2. The standard InChI is InChI=1S/C27H30Cl2N2O4/c1-26(2,3)35-25(32)31-13-12-27(33-14-15-34-27)22-16-30(17-23(22)31)24(18-4-8-20(28)9-5-18)19-6-10-21(29)11-7-19/h4-11,24H,12-17H2,1-3H3. The lowest BCUT2D eigenvalue weighted by molar-refractivity contribution is -0.140. The molecule has 0 N–H and O–H groups in total. The first-order valence-electron chi connectivity index (χ1n) is 11.9. The SMILES string of the molecule is CC(C)(C)OC(=O)N1CCC2(OCCO2)C2=C1CN(C(c1ccc(Cl)cc1)c1ccc(Cl)cc1)C2. The Hall–Kier alpha value is -2.09. The summed E-state index contributed by atoms with van der Waals surface area (Å²) in [5.74, 6) is -0.785. The average molecular weight is 517 g/mol. The van der Waals surface area contributed by atoms with Gasteiger partial charge in [0.05, 0.1) is 19.3 Å². The van der Waals surface area contributed by atoms with E-state index in [0.717, 1.165) is 22.4 Å². The van der Waals surface area contributed by atoms with Crippen LogP contribution in [0.3, 0.4) is 0 Å². The predicted molar refractivity (Wildman–Crippen MR) is 136 cm³/mol. The summed E-state index contributed by atoms with van der Waals surface area (Å²) in [5.41, 5.74) is 3.52. The van der Waals surface area contributed by atoms with Crippen LogP contribution in [0.4, 0.5) is 4.79 Å². The number of amides is 1. The molecule has 35 heavy (non-hydrogen) atoms. The molecule has 2 aromatic carbocycles. The molecule has 3 heterocycles. The highest BCUT2D eigenvalue weighted by atomic mass is 35.5. The van der Waals surface area contributed by atoms with Crippen LogP contribution in [0, 0.1) is 0 Å². The van der Waals surface area contributed by atoms with Crippen LogP contribution in [0.1, 0.15) is 44.4 Å². The fourth-order valence-electron chi connectivity index (χ4n) is 5.15. The van der Waals surface area contributed by atoms with Crippen molar-refractivity contribution < 1.29 is 19.0 Å². The number of fused-ring (bicyclic) bond motifs is 1. The lowest BCUT2D eigenvalue weighted by Crippen LogP contribution is -2.47. The minimum absolute atomic E-state index is 0.0749. The summed E-state index contributed by atoms with van der Waals surface area (Å²) in [6, 6.07) is 15.7. The van der Waals surface area contributed by atoms with Crippen molar-refractivity contribution >= 4 is 29.3 Å². The van der Waals surface area contributed by atoms with Crippen LogP contribution in [0.15, 0.2) is 59.8 Å². The molecule has 8 heteroatoms. The summed E-state index contributed by atoms with van der Waals surface area (Å²) in [5, 5.41) is 1.37. The van der Waals surface area contributed by atoms with Crippen LogP contribution < -0.4 is 0 Å². The molecule has 3 aliphatic rings. The second-order valence-corrected chi connectivity index (χ2v) is 11.0. The molecule has 1 saturated heterocycles. The molecule has 0 atom stereocenters. The molecule has 0 aliphatic carbocycles. The number of carbonyl (C=O) groups is 1. The molecule has 0 unspecified atom stereocenters. The van der Waals surface area contributed by atoms with Crippen LogP contribution >= 0.6 is 23.2 Å².